The van der Waals surface area contributed by atoms with Gasteiger partial charge in [-0.05, 0) is 125 Å². The van der Waals surface area contributed by atoms with Crippen molar-refractivity contribution in [1.29, 1.82) is 0 Å². The van der Waals surface area contributed by atoms with Gasteiger partial charge in [0.25, 0.3) is 6.71 Å². The molecular formula is C56H56BN3S. The zero-order valence-corrected chi connectivity index (χ0v) is 38.4. The van der Waals surface area contributed by atoms with E-state index in [0.717, 1.165) is 0 Å². The van der Waals surface area contributed by atoms with E-state index in [2.05, 4.69) is 193 Å². The van der Waals surface area contributed by atoms with Crippen LogP contribution in [0.25, 0.3) is 36.9 Å². The van der Waals surface area contributed by atoms with E-state index in [-0.39, 0.29) is 28.5 Å². The summed E-state index contributed by atoms with van der Waals surface area (Å²) in [5.41, 5.74) is 20.6. The monoisotopic (exact) mass is 813 g/mol. The molecule has 12 rings (SSSR count). The summed E-state index contributed by atoms with van der Waals surface area (Å²) >= 11 is 1.96. The number of hydrogen-bond acceptors (Lipinski definition) is 3. The summed E-state index contributed by atoms with van der Waals surface area (Å²) in [6, 6.07) is 42.7. The molecule has 304 valence electrons. The first kappa shape index (κ1) is 37.5. The Labute approximate surface area is 366 Å². The Morgan fingerprint density at radius 2 is 1.26 bits per heavy atom. The highest BCUT2D eigenvalue weighted by Crippen LogP contribution is 2.62. The smallest absolute Gasteiger partial charge is 0.252 e. The molecule has 5 heterocycles. The molecule has 0 radical (unpaired) electrons. The topological polar surface area (TPSA) is 11.4 Å². The standard InChI is InChI=1S/C56H56BN3S/c1-33-19-11-14-22-43(33)58(44-23-15-12-20-34(44)2)37-31-45-49-46(32-37)60-51-40(55(9)25-17-18-26-56(55,60)10)28-36(54(6,7)8)30-42(51)57(49)41-29-35(53(3,4)5)27-39-48-38-21-13-16-24-47(38)61-52(48)59(45)50(39)41/h11-16,19-24,27-32H,17-18,25-26H2,1-10H3. The molecule has 61 heavy (non-hydrogen) atoms. The molecule has 0 N–H and O–H groups in total. The van der Waals surface area contributed by atoms with Crippen molar-refractivity contribution in [3.63, 3.8) is 0 Å². The van der Waals surface area contributed by atoms with Gasteiger partial charge in [-0.15, -0.1) is 11.3 Å². The van der Waals surface area contributed by atoms with Crippen molar-refractivity contribution in [3.8, 4) is 5.69 Å². The first-order chi connectivity index (χ1) is 29.1. The van der Waals surface area contributed by atoms with Crippen molar-refractivity contribution in [2.45, 2.75) is 117 Å². The van der Waals surface area contributed by atoms with Crippen LogP contribution in [0.4, 0.5) is 28.4 Å². The van der Waals surface area contributed by atoms with Crippen molar-refractivity contribution in [2.75, 3.05) is 9.80 Å². The highest BCUT2D eigenvalue weighted by molar-refractivity contribution is 7.26. The molecule has 4 aliphatic rings. The van der Waals surface area contributed by atoms with E-state index in [1.54, 1.807) is 5.56 Å². The van der Waals surface area contributed by atoms with Gasteiger partial charge in [-0.1, -0.05) is 134 Å². The van der Waals surface area contributed by atoms with Gasteiger partial charge < -0.3 is 14.4 Å². The van der Waals surface area contributed by atoms with Gasteiger partial charge in [-0.25, -0.2) is 0 Å². The lowest BCUT2D eigenvalue weighted by Crippen LogP contribution is -2.64. The summed E-state index contributed by atoms with van der Waals surface area (Å²) in [6.45, 7) is 24.3. The molecule has 0 spiro atoms. The summed E-state index contributed by atoms with van der Waals surface area (Å²) < 4.78 is 4.08. The third kappa shape index (κ3) is 4.82. The second kappa shape index (κ2) is 12.2. The Balaban J connectivity index is 1.30. The Morgan fingerprint density at radius 1 is 0.656 bits per heavy atom. The predicted octanol–water partition coefficient (Wildman–Crippen LogP) is 13.6. The average Bonchev–Trinajstić information content (AvgIpc) is 3.82. The van der Waals surface area contributed by atoms with Gasteiger partial charge in [0.2, 0.25) is 0 Å². The Bertz CT molecular complexity index is 3160. The molecule has 0 amide bonds. The van der Waals surface area contributed by atoms with E-state index in [1.165, 1.54) is 130 Å². The molecule has 1 saturated carbocycles. The quantitative estimate of drug-likeness (QED) is 0.165. The highest BCUT2D eigenvalue weighted by Gasteiger charge is 2.61. The van der Waals surface area contributed by atoms with Crippen LogP contribution in [-0.4, -0.2) is 16.8 Å². The number of anilines is 5. The summed E-state index contributed by atoms with van der Waals surface area (Å²) in [4.78, 5) is 6.83. The van der Waals surface area contributed by atoms with Crippen molar-refractivity contribution >= 4 is 94.1 Å². The number of thiophene rings is 1. The normalized spacial score (nSPS) is 20.1. The van der Waals surface area contributed by atoms with Crippen molar-refractivity contribution < 1.29 is 0 Å². The molecule has 8 aromatic rings. The number of rotatable bonds is 3. The van der Waals surface area contributed by atoms with Crippen LogP contribution < -0.4 is 26.2 Å². The number of benzene rings is 6. The second-order valence-corrected chi connectivity index (χ2v) is 22.5. The number of para-hydroxylation sites is 2. The predicted molar refractivity (Wildman–Crippen MR) is 265 cm³/mol. The van der Waals surface area contributed by atoms with Crippen LogP contribution in [0.3, 0.4) is 0 Å². The van der Waals surface area contributed by atoms with Gasteiger partial charge in [-0.2, -0.15) is 0 Å². The first-order valence-electron chi connectivity index (χ1n) is 22.7. The SMILES string of the molecule is Cc1ccccc1N(c1cc2c3c(c1)-n1c4sc5ccccc5c4c4cc(C(C)(C)C)cc(c41)B3c1cc(C(C)(C)C)cc3c1N2C1(C)CCCCC31C)c1ccccc1C. The van der Waals surface area contributed by atoms with Gasteiger partial charge in [0, 0.05) is 54.7 Å². The van der Waals surface area contributed by atoms with Gasteiger partial charge in [0.15, 0.2) is 0 Å². The lowest BCUT2D eigenvalue weighted by molar-refractivity contribution is 0.195. The van der Waals surface area contributed by atoms with E-state index in [4.69, 9.17) is 0 Å². The molecule has 0 saturated heterocycles. The van der Waals surface area contributed by atoms with E-state index in [9.17, 15) is 0 Å². The van der Waals surface area contributed by atoms with Crippen LogP contribution in [-0.2, 0) is 16.2 Å². The number of nitrogens with zero attached hydrogens (tertiary/aromatic N) is 3. The molecule has 1 aliphatic carbocycles. The molecule has 3 aliphatic heterocycles. The maximum atomic E-state index is 2.91. The van der Waals surface area contributed by atoms with E-state index in [0.29, 0.717) is 0 Å². The van der Waals surface area contributed by atoms with Crippen molar-refractivity contribution in [3.05, 3.63) is 137 Å². The average molecular weight is 814 g/mol. The number of aromatic nitrogens is 1. The van der Waals surface area contributed by atoms with Crippen molar-refractivity contribution in [2.24, 2.45) is 0 Å². The third-order valence-corrected chi connectivity index (χ3v) is 17.0. The minimum absolute atomic E-state index is 0.00786. The fourth-order valence-electron chi connectivity index (χ4n) is 12.3. The van der Waals surface area contributed by atoms with Crippen LogP contribution in [0.15, 0.2) is 109 Å². The molecule has 3 nitrogen and oxygen atoms in total. The molecular weight excluding hydrogens is 758 g/mol. The number of aryl methyl sites for hydroxylation is 2. The summed E-state index contributed by atoms with van der Waals surface area (Å²) in [7, 11) is 0. The van der Waals surface area contributed by atoms with Crippen LogP contribution in [0.1, 0.15) is 109 Å². The van der Waals surface area contributed by atoms with Crippen LogP contribution in [0, 0.1) is 13.8 Å². The summed E-state index contributed by atoms with van der Waals surface area (Å²) in [5.74, 6) is 0. The zero-order valence-electron chi connectivity index (χ0n) is 37.5. The van der Waals surface area contributed by atoms with E-state index < -0.39 is 0 Å². The molecule has 6 aromatic carbocycles. The third-order valence-electron chi connectivity index (χ3n) is 15.9. The maximum absolute atomic E-state index is 2.91. The minimum Gasteiger partial charge on any atom is -0.335 e. The molecule has 2 atom stereocenters. The number of hydrogen-bond donors (Lipinski definition) is 0. The van der Waals surface area contributed by atoms with E-state index >= 15 is 0 Å². The molecule has 1 fully saturated rings. The van der Waals surface area contributed by atoms with E-state index in [1.807, 2.05) is 11.3 Å². The summed E-state index contributed by atoms with van der Waals surface area (Å²) in [6.07, 6.45) is 4.90. The van der Waals surface area contributed by atoms with Gasteiger partial charge in [0.05, 0.1) is 16.7 Å². The lowest BCUT2D eigenvalue weighted by atomic mass is 9.33. The minimum atomic E-state index is -0.0845. The Kier molecular flexibility index (Phi) is 7.51. The van der Waals surface area contributed by atoms with Gasteiger partial charge in [0.1, 0.15) is 4.83 Å². The zero-order chi connectivity index (χ0) is 42.1. The summed E-state index contributed by atoms with van der Waals surface area (Å²) in [5, 5.41) is 4.15. The fourth-order valence-corrected chi connectivity index (χ4v) is 13.6. The second-order valence-electron chi connectivity index (χ2n) is 21.4. The van der Waals surface area contributed by atoms with Gasteiger partial charge in [-0.3, -0.25) is 0 Å². The molecule has 2 unspecified atom stereocenters. The maximum Gasteiger partial charge on any atom is 0.252 e. The first-order valence-corrected chi connectivity index (χ1v) is 23.5. The number of fused-ring (bicyclic) bond motifs is 12. The van der Waals surface area contributed by atoms with Crippen LogP contribution in [0.5, 0.6) is 0 Å². The lowest BCUT2D eigenvalue weighted by Gasteiger charge is -2.52. The highest BCUT2D eigenvalue weighted by atomic mass is 32.1. The van der Waals surface area contributed by atoms with Crippen LogP contribution >= 0.6 is 11.3 Å². The Morgan fingerprint density at radius 3 is 1.95 bits per heavy atom. The Hall–Kier alpha value is -5.26. The molecule has 0 bridgehead atoms. The largest absolute Gasteiger partial charge is 0.335 e. The fraction of sp³-hybridized carbons (Fsp3) is 0.321. The van der Waals surface area contributed by atoms with Gasteiger partial charge >= 0.3 is 0 Å². The van der Waals surface area contributed by atoms with Crippen molar-refractivity contribution in [1.82, 2.24) is 4.57 Å². The van der Waals surface area contributed by atoms with Crippen LogP contribution in [0.2, 0.25) is 0 Å². The molecule has 2 aromatic heterocycles. The molecule has 5 heteroatoms.